The maximum atomic E-state index is 11.0. The summed E-state index contributed by atoms with van der Waals surface area (Å²) < 4.78 is 5.45. The summed E-state index contributed by atoms with van der Waals surface area (Å²) in [5.74, 6) is -0.735. The van der Waals surface area contributed by atoms with E-state index in [1.54, 1.807) is 12.1 Å². The number of carboxylic acids is 1. The molecule has 1 aromatic heterocycles. The molecule has 0 fully saturated rings. The predicted molar refractivity (Wildman–Crippen MR) is 80.0 cm³/mol. The first-order valence-corrected chi connectivity index (χ1v) is 6.63. The average Bonchev–Trinajstić information content (AvgIpc) is 2.97. The molecule has 110 valence electrons. The number of hydrogen-bond acceptors (Lipinski definition) is 4. The number of rotatable bonds is 4. The monoisotopic (exact) mass is 295 g/mol. The van der Waals surface area contributed by atoms with E-state index in [0.717, 1.165) is 11.1 Å². The topological polar surface area (TPSA) is 88.1 Å². The second-order valence-corrected chi connectivity index (χ2v) is 4.74. The fourth-order valence-corrected chi connectivity index (χ4v) is 2.14. The first kappa shape index (κ1) is 13.8. The standard InChI is InChI=1S/C16H13N3O3/c1-10-4-2-3-5-13(10)11-6-8-12(9-7-11)22-15-14(16(20)21)17-19-18-15/h2-9H,1H3,(H,20,21)(H,17,18,19). The number of carbonyl (C=O) groups is 1. The van der Waals surface area contributed by atoms with Crippen LogP contribution in [0, 0.1) is 6.92 Å². The minimum absolute atomic E-state index is 0.0591. The lowest BCUT2D eigenvalue weighted by Gasteiger charge is -2.07. The number of nitrogens with one attached hydrogen (secondary N) is 1. The molecule has 0 saturated carbocycles. The minimum Gasteiger partial charge on any atom is -0.476 e. The Morgan fingerprint density at radius 1 is 1.14 bits per heavy atom. The molecular weight excluding hydrogens is 282 g/mol. The van der Waals surface area contributed by atoms with Crippen LogP contribution in [0.1, 0.15) is 16.1 Å². The van der Waals surface area contributed by atoms with Gasteiger partial charge in [-0.05, 0) is 35.7 Å². The Kier molecular flexibility index (Phi) is 3.57. The van der Waals surface area contributed by atoms with E-state index in [1.165, 1.54) is 5.56 Å². The van der Waals surface area contributed by atoms with Gasteiger partial charge in [-0.15, -0.1) is 0 Å². The van der Waals surface area contributed by atoms with E-state index in [2.05, 4.69) is 15.4 Å². The Morgan fingerprint density at radius 3 is 2.55 bits per heavy atom. The van der Waals surface area contributed by atoms with E-state index in [1.807, 2.05) is 43.3 Å². The fourth-order valence-electron chi connectivity index (χ4n) is 2.14. The summed E-state index contributed by atoms with van der Waals surface area (Å²) in [5, 5.41) is 18.3. The van der Waals surface area contributed by atoms with Crippen molar-refractivity contribution >= 4 is 5.97 Å². The Hall–Kier alpha value is -3.15. The fraction of sp³-hybridized carbons (Fsp3) is 0.0625. The Labute approximate surface area is 126 Å². The largest absolute Gasteiger partial charge is 0.476 e. The number of aromatic nitrogens is 3. The van der Waals surface area contributed by atoms with Crippen LogP contribution >= 0.6 is 0 Å². The molecule has 0 unspecified atom stereocenters. The molecule has 0 atom stereocenters. The van der Waals surface area contributed by atoms with Crippen LogP contribution in [-0.2, 0) is 0 Å². The van der Waals surface area contributed by atoms with Crippen molar-refractivity contribution in [2.75, 3.05) is 0 Å². The van der Waals surface area contributed by atoms with Crippen LogP contribution in [0.25, 0.3) is 11.1 Å². The van der Waals surface area contributed by atoms with Gasteiger partial charge in [-0.1, -0.05) is 46.7 Å². The number of benzene rings is 2. The summed E-state index contributed by atoms with van der Waals surface area (Å²) in [4.78, 5) is 11.0. The number of nitrogens with zero attached hydrogens (tertiary/aromatic N) is 2. The van der Waals surface area contributed by atoms with E-state index >= 15 is 0 Å². The van der Waals surface area contributed by atoms with Crippen molar-refractivity contribution in [3.63, 3.8) is 0 Å². The average molecular weight is 295 g/mol. The number of carboxylic acid groups (broad SMARTS) is 1. The van der Waals surface area contributed by atoms with E-state index in [-0.39, 0.29) is 11.6 Å². The highest BCUT2D eigenvalue weighted by molar-refractivity contribution is 5.87. The lowest BCUT2D eigenvalue weighted by atomic mass is 10.0. The summed E-state index contributed by atoms with van der Waals surface area (Å²) in [7, 11) is 0. The van der Waals surface area contributed by atoms with Crippen molar-refractivity contribution in [1.82, 2.24) is 15.4 Å². The van der Waals surface area contributed by atoms with Crippen LogP contribution in [0.15, 0.2) is 48.5 Å². The third kappa shape index (κ3) is 2.67. The molecule has 6 heteroatoms. The predicted octanol–water partition coefficient (Wildman–Crippen LogP) is 3.27. The number of aromatic amines is 1. The van der Waals surface area contributed by atoms with Crippen LogP contribution in [0.2, 0.25) is 0 Å². The molecule has 0 saturated heterocycles. The van der Waals surface area contributed by atoms with Gasteiger partial charge < -0.3 is 9.84 Å². The molecule has 2 aromatic carbocycles. The highest BCUT2D eigenvalue weighted by Crippen LogP contribution is 2.27. The van der Waals surface area contributed by atoms with Gasteiger partial charge >= 0.3 is 5.97 Å². The van der Waals surface area contributed by atoms with Gasteiger partial charge in [0.15, 0.2) is 0 Å². The summed E-state index contributed by atoms with van der Waals surface area (Å²) in [6, 6.07) is 15.4. The van der Waals surface area contributed by atoms with E-state index in [0.29, 0.717) is 5.75 Å². The molecule has 0 radical (unpaired) electrons. The quantitative estimate of drug-likeness (QED) is 0.771. The molecule has 0 aliphatic carbocycles. The smallest absolute Gasteiger partial charge is 0.359 e. The van der Waals surface area contributed by atoms with Crippen LogP contribution in [-0.4, -0.2) is 26.5 Å². The molecular formula is C16H13N3O3. The van der Waals surface area contributed by atoms with Crippen LogP contribution in [0.3, 0.4) is 0 Å². The molecule has 0 spiro atoms. The van der Waals surface area contributed by atoms with Crippen molar-refractivity contribution in [2.45, 2.75) is 6.92 Å². The molecule has 0 aliphatic rings. The normalized spacial score (nSPS) is 10.4. The number of ether oxygens (including phenoxy) is 1. The number of H-pyrrole nitrogens is 1. The van der Waals surface area contributed by atoms with E-state index in [4.69, 9.17) is 9.84 Å². The molecule has 0 aliphatic heterocycles. The number of aryl methyl sites for hydroxylation is 1. The molecule has 1 heterocycles. The van der Waals surface area contributed by atoms with Gasteiger partial charge in [0, 0.05) is 0 Å². The van der Waals surface area contributed by atoms with Crippen LogP contribution in [0.5, 0.6) is 11.6 Å². The molecule has 3 rings (SSSR count). The van der Waals surface area contributed by atoms with Gasteiger partial charge in [0.05, 0.1) is 0 Å². The van der Waals surface area contributed by atoms with Gasteiger partial charge in [-0.25, -0.2) is 9.89 Å². The molecule has 22 heavy (non-hydrogen) atoms. The second kappa shape index (κ2) is 5.69. The van der Waals surface area contributed by atoms with Crippen molar-refractivity contribution in [2.24, 2.45) is 0 Å². The van der Waals surface area contributed by atoms with Crippen molar-refractivity contribution in [1.29, 1.82) is 0 Å². The Bertz CT molecular complexity index is 810. The third-order valence-electron chi connectivity index (χ3n) is 3.26. The molecule has 3 aromatic rings. The summed E-state index contributed by atoms with van der Waals surface area (Å²) in [6.07, 6.45) is 0. The summed E-state index contributed by atoms with van der Waals surface area (Å²) in [5.41, 5.74) is 3.20. The molecule has 0 bridgehead atoms. The first-order chi connectivity index (χ1) is 10.6. The van der Waals surface area contributed by atoms with Gasteiger partial charge in [0.25, 0.3) is 5.88 Å². The highest BCUT2D eigenvalue weighted by atomic mass is 16.5. The molecule has 0 amide bonds. The maximum absolute atomic E-state index is 11.0. The zero-order valence-electron chi connectivity index (χ0n) is 11.8. The van der Waals surface area contributed by atoms with Crippen molar-refractivity contribution in [3.05, 3.63) is 59.8 Å². The van der Waals surface area contributed by atoms with Gasteiger partial charge in [-0.2, -0.15) is 0 Å². The molecule has 2 N–H and O–H groups in total. The highest BCUT2D eigenvalue weighted by Gasteiger charge is 2.16. The second-order valence-electron chi connectivity index (χ2n) is 4.74. The maximum Gasteiger partial charge on any atom is 0.359 e. The SMILES string of the molecule is Cc1ccccc1-c1ccc(Oc2nn[nH]c2C(=O)O)cc1. The van der Waals surface area contributed by atoms with Gasteiger partial charge in [0.1, 0.15) is 5.75 Å². The zero-order chi connectivity index (χ0) is 15.5. The zero-order valence-corrected chi connectivity index (χ0v) is 11.8. The summed E-state index contributed by atoms with van der Waals surface area (Å²) >= 11 is 0. The van der Waals surface area contributed by atoms with Crippen molar-refractivity contribution in [3.8, 4) is 22.8 Å². The Morgan fingerprint density at radius 2 is 1.86 bits per heavy atom. The number of hydrogen-bond donors (Lipinski definition) is 2. The van der Waals surface area contributed by atoms with Gasteiger partial charge in [0.2, 0.25) is 5.69 Å². The summed E-state index contributed by atoms with van der Waals surface area (Å²) in [6.45, 7) is 2.05. The van der Waals surface area contributed by atoms with Crippen LogP contribution in [0.4, 0.5) is 0 Å². The van der Waals surface area contributed by atoms with Gasteiger partial charge in [-0.3, -0.25) is 0 Å². The van der Waals surface area contributed by atoms with Crippen molar-refractivity contribution < 1.29 is 14.6 Å². The van der Waals surface area contributed by atoms with E-state index < -0.39 is 5.97 Å². The third-order valence-corrected chi connectivity index (χ3v) is 3.26. The minimum atomic E-state index is -1.17. The lowest BCUT2D eigenvalue weighted by Crippen LogP contribution is -1.99. The Balaban J connectivity index is 1.84. The van der Waals surface area contributed by atoms with E-state index in [9.17, 15) is 4.79 Å². The number of aromatic carboxylic acids is 1. The van der Waals surface area contributed by atoms with Crippen LogP contribution < -0.4 is 4.74 Å². The first-order valence-electron chi connectivity index (χ1n) is 6.63. The lowest BCUT2D eigenvalue weighted by molar-refractivity contribution is 0.0687. The molecule has 6 nitrogen and oxygen atoms in total.